The summed E-state index contributed by atoms with van der Waals surface area (Å²) in [5, 5.41) is 8.40. The fourth-order valence-electron chi connectivity index (χ4n) is 1.16. The highest BCUT2D eigenvalue weighted by Gasteiger charge is 2.42. The van der Waals surface area contributed by atoms with E-state index in [0.29, 0.717) is 0 Å². The summed E-state index contributed by atoms with van der Waals surface area (Å²) in [7, 11) is 0. The molecule has 0 fully saturated rings. The van der Waals surface area contributed by atoms with Crippen molar-refractivity contribution in [2.45, 2.75) is 12.6 Å². The van der Waals surface area contributed by atoms with Gasteiger partial charge in [-0.2, -0.15) is 13.2 Å². The molecule has 9 heteroatoms. The number of alkyl halides is 5. The first-order valence-electron chi connectivity index (χ1n) is 3.93. The summed E-state index contributed by atoms with van der Waals surface area (Å²) < 4.78 is 74.7. The molecule has 1 aromatic rings. The number of aromatic nitrogens is 1. The van der Waals surface area contributed by atoms with Crippen molar-refractivity contribution in [2.24, 2.45) is 0 Å². The molecule has 0 radical (unpaired) electrons. The maximum absolute atomic E-state index is 12.8. The summed E-state index contributed by atoms with van der Waals surface area (Å²) in [6, 6.07) is 0. The van der Waals surface area contributed by atoms with Crippen LogP contribution in [-0.2, 0) is 6.18 Å². The van der Waals surface area contributed by atoms with Crippen LogP contribution in [-0.4, -0.2) is 16.1 Å². The second-order valence-electron chi connectivity index (χ2n) is 2.85. The summed E-state index contributed by atoms with van der Waals surface area (Å²) >= 11 is 0. The van der Waals surface area contributed by atoms with Crippen molar-refractivity contribution < 1.29 is 36.2 Å². The highest BCUT2D eigenvalue weighted by atomic mass is 19.4. The van der Waals surface area contributed by atoms with Crippen molar-refractivity contribution >= 4 is 5.97 Å². The van der Waals surface area contributed by atoms with Gasteiger partial charge >= 0.3 is 12.1 Å². The monoisotopic (exact) mass is 259 g/mol. The molecule has 0 saturated carbocycles. The number of carboxylic acids is 1. The van der Waals surface area contributed by atoms with Crippen LogP contribution in [0.3, 0.4) is 0 Å². The number of pyridine rings is 1. The number of carbonyl (C=O) groups is 1. The summed E-state index contributed by atoms with van der Waals surface area (Å²) in [6.07, 6.45) is -9.22. The van der Waals surface area contributed by atoms with Gasteiger partial charge in [0, 0.05) is 0 Å². The van der Waals surface area contributed by atoms with Crippen LogP contribution in [0.4, 0.5) is 26.3 Å². The Morgan fingerprint density at radius 2 is 1.88 bits per heavy atom. The molecule has 1 heterocycles. The maximum atomic E-state index is 12.8. The second kappa shape index (κ2) is 4.22. The Morgan fingerprint density at radius 1 is 1.35 bits per heavy atom. The zero-order chi connectivity index (χ0) is 13.4. The smallest absolute Gasteiger partial charge is 0.419 e. The van der Waals surface area contributed by atoms with Crippen LogP contribution in [0.5, 0.6) is 0 Å². The van der Waals surface area contributed by atoms with Gasteiger partial charge in [0.05, 0.1) is 11.8 Å². The Bertz CT molecular complexity index is 456. The van der Waals surface area contributed by atoms with E-state index in [-0.39, 0.29) is 6.20 Å². The van der Waals surface area contributed by atoms with E-state index in [1.165, 1.54) is 0 Å². The van der Waals surface area contributed by atoms with Crippen LogP contribution >= 0.6 is 0 Å². The highest BCUT2D eigenvalue weighted by Crippen LogP contribution is 2.39. The van der Waals surface area contributed by atoms with Crippen molar-refractivity contribution in [2.75, 3.05) is 0 Å². The van der Waals surface area contributed by atoms with Crippen LogP contribution in [0.1, 0.15) is 28.0 Å². The average molecular weight is 259 g/mol. The lowest BCUT2D eigenvalue weighted by Crippen LogP contribution is -2.19. The van der Waals surface area contributed by atoms with E-state index >= 15 is 0 Å². The highest BCUT2D eigenvalue weighted by molar-refractivity contribution is 5.87. The van der Waals surface area contributed by atoms with E-state index in [9.17, 15) is 31.1 Å². The number of hydrogen-bond donors (Lipinski definition) is 1. The quantitative estimate of drug-likeness (QED) is 0.831. The molecule has 0 aromatic carbocycles. The Hall–Kier alpha value is -1.80. The van der Waals surface area contributed by atoms with Crippen molar-refractivity contribution in [1.29, 1.82) is 0 Å². The third kappa shape index (κ3) is 2.48. The Morgan fingerprint density at radius 3 is 2.24 bits per heavy atom. The van der Waals surface area contributed by atoms with Gasteiger partial charge in [0.1, 0.15) is 5.56 Å². The Kier molecular flexibility index (Phi) is 3.30. The van der Waals surface area contributed by atoms with Gasteiger partial charge in [-0.3, -0.25) is 0 Å². The summed E-state index contributed by atoms with van der Waals surface area (Å²) in [5.74, 6) is -4.07. The largest absolute Gasteiger partial charge is 0.476 e. The molecule has 0 bridgehead atoms. The van der Waals surface area contributed by atoms with E-state index in [1.54, 1.807) is 0 Å². The molecule has 1 N–H and O–H groups in total. The van der Waals surface area contributed by atoms with E-state index < -0.39 is 41.2 Å². The molecule has 0 aliphatic carbocycles. The lowest BCUT2D eigenvalue weighted by molar-refractivity contribution is -0.140. The normalized spacial score (nSPS) is 11.9. The van der Waals surface area contributed by atoms with Crippen molar-refractivity contribution in [3.8, 4) is 0 Å². The summed E-state index contributed by atoms with van der Waals surface area (Å²) in [6.45, 7) is 0. The predicted molar refractivity (Wildman–Crippen MR) is 41.1 cm³/mol. The van der Waals surface area contributed by atoms with Gasteiger partial charge in [0.15, 0.2) is 11.5 Å². The molecule has 0 amide bonds. The number of hydrogen-bond acceptors (Lipinski definition) is 2. The number of rotatable bonds is 2. The van der Waals surface area contributed by atoms with E-state index in [0.717, 1.165) is 0 Å². The number of halogens is 6. The lowest BCUT2D eigenvalue weighted by atomic mass is 10.1. The first-order valence-corrected chi connectivity index (χ1v) is 3.93. The van der Waals surface area contributed by atoms with E-state index in [2.05, 4.69) is 4.98 Å². The van der Waals surface area contributed by atoms with Gasteiger partial charge in [-0.25, -0.2) is 22.9 Å². The van der Waals surface area contributed by atoms with Gasteiger partial charge in [-0.15, -0.1) is 0 Å². The van der Waals surface area contributed by atoms with Gasteiger partial charge in [0.25, 0.3) is 6.43 Å². The van der Waals surface area contributed by atoms with Gasteiger partial charge in [-0.1, -0.05) is 0 Å². The number of carboxylic acid groups (broad SMARTS) is 1. The van der Waals surface area contributed by atoms with Crippen molar-refractivity contribution in [3.63, 3.8) is 0 Å². The first-order chi connectivity index (χ1) is 7.66. The topological polar surface area (TPSA) is 50.2 Å². The van der Waals surface area contributed by atoms with E-state index in [1.807, 2.05) is 0 Å². The Balaban J connectivity index is 3.68. The van der Waals surface area contributed by atoms with E-state index in [4.69, 9.17) is 5.11 Å². The molecule has 1 rings (SSSR count). The minimum Gasteiger partial charge on any atom is -0.476 e. The zero-order valence-electron chi connectivity index (χ0n) is 7.73. The van der Waals surface area contributed by atoms with Crippen LogP contribution < -0.4 is 0 Å². The fourth-order valence-corrected chi connectivity index (χ4v) is 1.16. The SMILES string of the molecule is O=C(O)c1ncc(F)c(C(F)F)c1C(F)(F)F. The molecule has 0 atom stereocenters. The molecule has 0 aliphatic rings. The molecule has 0 spiro atoms. The molecule has 0 aliphatic heterocycles. The van der Waals surface area contributed by atoms with Crippen molar-refractivity contribution in [3.05, 3.63) is 28.8 Å². The molecule has 17 heavy (non-hydrogen) atoms. The van der Waals surface area contributed by atoms with Gasteiger partial charge in [0.2, 0.25) is 0 Å². The molecule has 0 saturated heterocycles. The number of nitrogens with zero attached hydrogens (tertiary/aromatic N) is 1. The third-order valence-electron chi connectivity index (χ3n) is 1.77. The van der Waals surface area contributed by atoms with Crippen molar-refractivity contribution in [1.82, 2.24) is 4.98 Å². The average Bonchev–Trinajstić information content (AvgIpc) is 2.14. The summed E-state index contributed by atoms with van der Waals surface area (Å²) in [5.41, 5.74) is -5.93. The molecule has 1 aromatic heterocycles. The van der Waals surface area contributed by atoms with Gasteiger partial charge in [-0.05, 0) is 0 Å². The molecule has 0 unspecified atom stereocenters. The van der Waals surface area contributed by atoms with Gasteiger partial charge < -0.3 is 5.11 Å². The molecule has 3 nitrogen and oxygen atoms in total. The molecular formula is C8H3F6NO2. The zero-order valence-corrected chi connectivity index (χ0v) is 7.73. The predicted octanol–water partition coefficient (Wildman–Crippen LogP) is 2.88. The maximum Gasteiger partial charge on any atom is 0.419 e. The molecular weight excluding hydrogens is 256 g/mol. The fraction of sp³-hybridized carbons (Fsp3) is 0.250. The van der Waals surface area contributed by atoms with Crippen LogP contribution in [0.15, 0.2) is 6.20 Å². The number of aromatic carboxylic acids is 1. The van der Waals surface area contributed by atoms with Crippen LogP contribution in [0, 0.1) is 5.82 Å². The second-order valence-corrected chi connectivity index (χ2v) is 2.85. The lowest BCUT2D eigenvalue weighted by Gasteiger charge is -2.14. The first kappa shape index (κ1) is 13.3. The Labute approximate surface area is 89.7 Å². The summed E-state index contributed by atoms with van der Waals surface area (Å²) in [4.78, 5) is 13.1. The third-order valence-corrected chi connectivity index (χ3v) is 1.77. The molecule has 94 valence electrons. The minimum atomic E-state index is -5.44. The van der Waals surface area contributed by atoms with Crippen LogP contribution in [0.2, 0.25) is 0 Å². The van der Waals surface area contributed by atoms with Crippen LogP contribution in [0.25, 0.3) is 0 Å². The standard InChI is InChI=1S/C8H3F6NO2/c9-2-1-15-5(7(16)17)4(8(12,13)14)3(2)6(10)11/h1,6H,(H,16,17). The minimum absolute atomic E-state index is 0.0141.